The van der Waals surface area contributed by atoms with Crippen LogP contribution in [0.1, 0.15) is 27.0 Å². The lowest BCUT2D eigenvalue weighted by molar-refractivity contribution is 0.0696. The molecule has 0 aromatic heterocycles. The van der Waals surface area contributed by atoms with E-state index in [1.165, 1.54) is 0 Å². The van der Waals surface area contributed by atoms with Crippen LogP contribution in [-0.2, 0) is 0 Å². The monoisotopic (exact) mass is 235 g/mol. The Balaban J connectivity index is 3.33. The molecule has 0 atom stereocenters. The molecule has 0 fully saturated rings. The molecule has 1 aromatic carbocycles. The van der Waals surface area contributed by atoms with Gasteiger partial charge in [0, 0.05) is 19.7 Å². The van der Waals surface area contributed by atoms with E-state index in [-0.39, 0.29) is 0 Å². The van der Waals surface area contributed by atoms with Crippen LogP contribution in [0, 0.1) is 13.8 Å². The first-order valence-electron chi connectivity index (χ1n) is 5.25. The predicted octanol–water partition coefficient (Wildman–Crippen LogP) is 1.10. The van der Waals surface area contributed by atoms with Gasteiger partial charge in [0.05, 0.1) is 5.56 Å². The first kappa shape index (κ1) is 13.2. The number of carbonyl (C=O) groups is 1. The average molecular weight is 235 g/mol. The summed E-state index contributed by atoms with van der Waals surface area (Å²) in [6.07, 6.45) is 0. The van der Waals surface area contributed by atoms with Gasteiger partial charge in [-0.05, 0) is 31.0 Å². The molecule has 0 bridgehead atoms. The van der Waals surface area contributed by atoms with Crippen LogP contribution in [0.25, 0.3) is 0 Å². The molecule has 0 aliphatic carbocycles. The molecule has 17 heavy (non-hydrogen) atoms. The molecule has 3 N–H and O–H groups in total. The van der Waals surface area contributed by atoms with Gasteiger partial charge >= 0.3 is 5.97 Å². The molecule has 1 rings (SSSR count). The first-order chi connectivity index (χ1) is 8.01. The zero-order valence-corrected chi connectivity index (χ0v) is 10.5. The van der Waals surface area contributed by atoms with Crippen molar-refractivity contribution in [3.05, 3.63) is 34.4 Å². The Kier molecular flexibility index (Phi) is 4.23. The van der Waals surface area contributed by atoms with E-state index in [9.17, 15) is 4.79 Å². The summed E-state index contributed by atoms with van der Waals surface area (Å²) in [4.78, 5) is 15.2. The molecule has 0 unspecified atom stereocenters. The molecule has 92 valence electrons. The zero-order chi connectivity index (χ0) is 13.0. The Bertz CT molecular complexity index is 467. The zero-order valence-electron chi connectivity index (χ0n) is 10.5. The van der Waals surface area contributed by atoms with Crippen molar-refractivity contribution in [3.8, 4) is 0 Å². The van der Waals surface area contributed by atoms with Gasteiger partial charge in [-0.2, -0.15) is 0 Å². The second-order valence-electron chi connectivity index (χ2n) is 3.73. The number of amidine groups is 1. The van der Waals surface area contributed by atoms with Gasteiger partial charge in [0.25, 0.3) is 0 Å². The number of nitrogens with one attached hydrogen (secondary N) is 2. The number of carboxylic acid groups (broad SMARTS) is 1. The van der Waals surface area contributed by atoms with E-state index in [2.05, 4.69) is 15.8 Å². The number of hydrogen-bond acceptors (Lipinski definition) is 3. The molecular formula is C12H17N3O2. The smallest absolute Gasteiger partial charge is 0.335 e. The average Bonchev–Trinajstić information content (AvgIpc) is 2.26. The maximum Gasteiger partial charge on any atom is 0.335 e. The molecule has 5 nitrogen and oxygen atoms in total. The number of benzene rings is 1. The lowest BCUT2D eigenvalue weighted by Gasteiger charge is -2.13. The van der Waals surface area contributed by atoms with Crippen LogP contribution in [0.5, 0.6) is 0 Å². The minimum Gasteiger partial charge on any atom is -0.478 e. The van der Waals surface area contributed by atoms with Gasteiger partial charge in [0.2, 0.25) is 0 Å². The lowest BCUT2D eigenvalue weighted by atomic mass is 9.99. The minimum atomic E-state index is -0.927. The third-order valence-corrected chi connectivity index (χ3v) is 2.52. The van der Waals surface area contributed by atoms with Gasteiger partial charge in [0.15, 0.2) is 0 Å². The third-order valence-electron chi connectivity index (χ3n) is 2.52. The number of carboxylic acids is 1. The van der Waals surface area contributed by atoms with Crippen molar-refractivity contribution in [3.63, 3.8) is 0 Å². The van der Waals surface area contributed by atoms with Crippen LogP contribution in [0.15, 0.2) is 17.1 Å². The van der Waals surface area contributed by atoms with Crippen molar-refractivity contribution < 1.29 is 9.90 Å². The molecule has 1 aromatic rings. The minimum absolute atomic E-state index is 0.296. The molecule has 0 spiro atoms. The van der Waals surface area contributed by atoms with E-state index in [1.807, 2.05) is 13.0 Å². The van der Waals surface area contributed by atoms with Crippen molar-refractivity contribution in [2.45, 2.75) is 13.8 Å². The van der Waals surface area contributed by atoms with E-state index < -0.39 is 5.97 Å². The fourth-order valence-electron chi connectivity index (χ4n) is 1.70. The summed E-state index contributed by atoms with van der Waals surface area (Å²) in [5.74, 6) is -0.309. The Morgan fingerprint density at radius 1 is 1.24 bits per heavy atom. The van der Waals surface area contributed by atoms with Crippen molar-refractivity contribution >= 4 is 11.8 Å². The second kappa shape index (κ2) is 5.45. The summed E-state index contributed by atoms with van der Waals surface area (Å²) < 4.78 is 0. The Morgan fingerprint density at radius 2 is 1.82 bits per heavy atom. The molecule has 0 saturated heterocycles. The van der Waals surface area contributed by atoms with Gasteiger partial charge in [-0.3, -0.25) is 4.99 Å². The van der Waals surface area contributed by atoms with Gasteiger partial charge in [-0.15, -0.1) is 0 Å². The van der Waals surface area contributed by atoms with Gasteiger partial charge in [-0.25, -0.2) is 10.2 Å². The number of nitrogens with zero attached hydrogens (tertiary/aromatic N) is 1. The standard InChI is InChI=1S/C12H17N3O2/c1-7-5-8(2)10(12(16)17)6-9(7)11(13-3)15-14-4/h5-6,14H,1-4H3,(H,13,15)(H,16,17). The number of hydrazine groups is 1. The lowest BCUT2D eigenvalue weighted by Crippen LogP contribution is -2.35. The molecular weight excluding hydrogens is 218 g/mol. The highest BCUT2D eigenvalue weighted by Crippen LogP contribution is 2.16. The van der Waals surface area contributed by atoms with Crippen LogP contribution in [0.2, 0.25) is 0 Å². The Labute approximate surface area is 101 Å². The molecule has 0 heterocycles. The summed E-state index contributed by atoms with van der Waals surface area (Å²) in [6.45, 7) is 3.71. The highest BCUT2D eigenvalue weighted by Gasteiger charge is 2.13. The van der Waals surface area contributed by atoms with E-state index >= 15 is 0 Å². The van der Waals surface area contributed by atoms with Crippen molar-refractivity contribution in [2.24, 2.45) is 4.99 Å². The van der Waals surface area contributed by atoms with Crippen LogP contribution in [-0.4, -0.2) is 31.0 Å². The fraction of sp³-hybridized carbons (Fsp3) is 0.333. The SMILES string of the molecule is CN=C(NNC)c1cc(C(=O)O)c(C)cc1C. The second-order valence-corrected chi connectivity index (χ2v) is 3.73. The summed E-state index contributed by atoms with van der Waals surface area (Å²) in [6, 6.07) is 3.49. The number of aliphatic imine (C=N–C) groups is 1. The number of aromatic carboxylic acids is 1. The molecule has 0 amide bonds. The van der Waals surface area contributed by atoms with Crippen molar-refractivity contribution in [1.29, 1.82) is 0 Å². The molecule has 0 aliphatic heterocycles. The topological polar surface area (TPSA) is 73.7 Å². The van der Waals surface area contributed by atoms with Crippen LogP contribution >= 0.6 is 0 Å². The van der Waals surface area contributed by atoms with Gasteiger partial charge in [-0.1, -0.05) is 6.07 Å². The first-order valence-corrected chi connectivity index (χ1v) is 5.25. The van der Waals surface area contributed by atoms with Gasteiger partial charge in [0.1, 0.15) is 5.84 Å². The highest BCUT2D eigenvalue weighted by molar-refractivity contribution is 6.02. The summed E-state index contributed by atoms with van der Waals surface area (Å²) in [7, 11) is 3.38. The summed E-state index contributed by atoms with van der Waals surface area (Å²) in [5.41, 5.74) is 8.47. The van der Waals surface area contributed by atoms with Crippen LogP contribution in [0.3, 0.4) is 0 Å². The molecule has 0 saturated carbocycles. The van der Waals surface area contributed by atoms with E-state index in [0.717, 1.165) is 16.7 Å². The Morgan fingerprint density at radius 3 is 2.29 bits per heavy atom. The predicted molar refractivity (Wildman–Crippen MR) is 67.5 cm³/mol. The van der Waals surface area contributed by atoms with Crippen LogP contribution in [0.4, 0.5) is 0 Å². The van der Waals surface area contributed by atoms with Gasteiger partial charge < -0.3 is 10.5 Å². The number of aryl methyl sites for hydroxylation is 2. The maximum absolute atomic E-state index is 11.1. The van der Waals surface area contributed by atoms with Crippen molar-refractivity contribution in [2.75, 3.05) is 14.1 Å². The molecule has 0 radical (unpaired) electrons. The summed E-state index contributed by atoms with van der Waals surface area (Å²) in [5, 5.41) is 9.09. The fourth-order valence-corrected chi connectivity index (χ4v) is 1.70. The van der Waals surface area contributed by atoms with Crippen LogP contribution < -0.4 is 10.9 Å². The quantitative estimate of drug-likeness (QED) is 0.417. The number of hydrogen-bond donors (Lipinski definition) is 3. The maximum atomic E-state index is 11.1. The largest absolute Gasteiger partial charge is 0.478 e. The molecule has 0 aliphatic rings. The Hall–Kier alpha value is -1.88. The summed E-state index contributed by atoms with van der Waals surface area (Å²) >= 11 is 0. The van der Waals surface area contributed by atoms with E-state index in [4.69, 9.17) is 5.11 Å². The number of rotatable bonds is 3. The van der Waals surface area contributed by atoms with E-state index in [1.54, 1.807) is 27.1 Å². The highest BCUT2D eigenvalue weighted by atomic mass is 16.4. The van der Waals surface area contributed by atoms with Crippen molar-refractivity contribution in [1.82, 2.24) is 10.9 Å². The molecule has 5 heteroatoms. The van der Waals surface area contributed by atoms with E-state index in [0.29, 0.717) is 11.4 Å². The third kappa shape index (κ3) is 2.82. The normalized spacial score (nSPS) is 11.4.